The summed E-state index contributed by atoms with van der Waals surface area (Å²) in [6.45, 7) is 4.01. The van der Waals surface area contributed by atoms with E-state index in [4.69, 9.17) is 18.0 Å². The molecule has 0 aliphatic rings. The maximum Gasteiger partial charge on any atom is 0.328 e. The molecule has 0 fully saturated rings. The van der Waals surface area contributed by atoms with Crippen molar-refractivity contribution in [3.05, 3.63) is 55.6 Å². The minimum atomic E-state index is -0.308. The predicted octanol–water partition coefficient (Wildman–Crippen LogP) is 3.54. The molecule has 0 bridgehead atoms. The van der Waals surface area contributed by atoms with Crippen molar-refractivity contribution in [2.45, 2.75) is 26.7 Å². The van der Waals surface area contributed by atoms with Crippen LogP contribution in [0, 0.1) is 10.6 Å². The zero-order chi connectivity index (χ0) is 22.6. The van der Waals surface area contributed by atoms with E-state index in [-0.39, 0.29) is 34.6 Å². The van der Waals surface area contributed by atoms with Crippen LogP contribution in [0.4, 0.5) is 5.69 Å². The Morgan fingerprint density at radius 2 is 1.93 bits per heavy atom. The predicted molar refractivity (Wildman–Crippen MR) is 124 cm³/mol. The van der Waals surface area contributed by atoms with Crippen LogP contribution in [-0.2, 0) is 20.5 Å². The fourth-order valence-electron chi connectivity index (χ4n) is 2.96. The molecule has 2 aromatic rings. The van der Waals surface area contributed by atoms with Gasteiger partial charge in [0.2, 0.25) is 0 Å². The lowest BCUT2D eigenvalue weighted by atomic mass is 10.0. The Labute approximate surface area is 184 Å². The average Bonchev–Trinajstić information content (AvgIpc) is 2.72. The summed E-state index contributed by atoms with van der Waals surface area (Å²) in [5.74, 6) is -0.235. The second-order valence-electron chi connectivity index (χ2n) is 7.34. The Kier molecular flexibility index (Phi) is 7.91. The van der Waals surface area contributed by atoms with Crippen molar-refractivity contribution in [1.82, 2.24) is 9.13 Å². The van der Waals surface area contributed by atoms with E-state index in [9.17, 15) is 19.8 Å². The SMILES string of the molecule is C/C(=C/CC(C)Cc1c(N)c(=S)n(C)c(=O)n1C)SCC(=O)c1ccc(O)c(O)c1. The molecule has 0 amide bonds. The molecule has 7 nitrogen and oxygen atoms in total. The van der Waals surface area contributed by atoms with Gasteiger partial charge in [0.05, 0.1) is 11.4 Å². The molecule has 2 rings (SSSR count). The van der Waals surface area contributed by atoms with Gasteiger partial charge in [-0.3, -0.25) is 13.9 Å². The number of anilines is 1. The molecule has 0 radical (unpaired) electrons. The average molecular weight is 450 g/mol. The minimum Gasteiger partial charge on any atom is -0.504 e. The number of rotatable bonds is 8. The number of phenolic OH excluding ortho intramolecular Hbond substituents is 2. The summed E-state index contributed by atoms with van der Waals surface area (Å²) in [6, 6.07) is 4.05. The van der Waals surface area contributed by atoms with Crippen molar-refractivity contribution < 1.29 is 15.0 Å². The molecule has 1 atom stereocenters. The summed E-state index contributed by atoms with van der Waals surface area (Å²) in [6.07, 6.45) is 3.43. The zero-order valence-electron chi connectivity index (χ0n) is 17.5. The van der Waals surface area contributed by atoms with Gasteiger partial charge in [-0.15, -0.1) is 11.8 Å². The summed E-state index contributed by atoms with van der Waals surface area (Å²) in [5, 5.41) is 18.9. The molecule has 0 spiro atoms. The highest BCUT2D eigenvalue weighted by Gasteiger charge is 2.14. The van der Waals surface area contributed by atoms with Crippen molar-refractivity contribution >= 4 is 35.5 Å². The van der Waals surface area contributed by atoms with E-state index in [1.807, 2.05) is 6.92 Å². The first-order chi connectivity index (χ1) is 14.0. The molecular formula is C21H27N3O4S2. The molecule has 162 valence electrons. The van der Waals surface area contributed by atoms with Gasteiger partial charge in [-0.2, -0.15) is 0 Å². The highest BCUT2D eigenvalue weighted by Crippen LogP contribution is 2.26. The van der Waals surface area contributed by atoms with Gasteiger partial charge in [0.15, 0.2) is 17.3 Å². The van der Waals surface area contributed by atoms with Gasteiger partial charge in [0, 0.05) is 25.4 Å². The van der Waals surface area contributed by atoms with Crippen LogP contribution in [0.2, 0.25) is 0 Å². The normalized spacial score (nSPS) is 12.7. The van der Waals surface area contributed by atoms with E-state index in [2.05, 4.69) is 13.0 Å². The van der Waals surface area contributed by atoms with E-state index in [1.54, 1.807) is 18.7 Å². The number of nitrogens with two attached hydrogens (primary N) is 1. The van der Waals surface area contributed by atoms with Crippen LogP contribution in [0.25, 0.3) is 0 Å². The summed E-state index contributed by atoms with van der Waals surface area (Å²) in [4.78, 5) is 25.5. The number of aromatic nitrogens is 2. The Morgan fingerprint density at radius 1 is 1.27 bits per heavy atom. The number of Topliss-reactive ketones (excluding diaryl/α,β-unsaturated/α-hetero) is 1. The minimum absolute atomic E-state index is 0.131. The van der Waals surface area contributed by atoms with Crippen molar-refractivity contribution in [2.24, 2.45) is 20.0 Å². The Hall–Kier alpha value is -2.52. The highest BCUT2D eigenvalue weighted by atomic mass is 32.2. The number of nitrogens with zero attached hydrogens (tertiary/aromatic N) is 2. The first-order valence-corrected chi connectivity index (χ1v) is 10.8. The molecule has 0 aliphatic heterocycles. The van der Waals surface area contributed by atoms with E-state index in [1.165, 1.54) is 34.5 Å². The summed E-state index contributed by atoms with van der Waals surface area (Å²) < 4.78 is 3.25. The van der Waals surface area contributed by atoms with Crippen LogP contribution < -0.4 is 11.4 Å². The molecule has 0 saturated heterocycles. The molecule has 0 aliphatic carbocycles. The monoisotopic (exact) mass is 449 g/mol. The number of allylic oxidation sites excluding steroid dienone is 2. The molecule has 1 aromatic heterocycles. The molecular weight excluding hydrogens is 422 g/mol. The van der Waals surface area contributed by atoms with Crippen LogP contribution in [0.1, 0.15) is 36.3 Å². The van der Waals surface area contributed by atoms with Crippen molar-refractivity contribution in [1.29, 1.82) is 0 Å². The lowest BCUT2D eigenvalue weighted by Gasteiger charge is -2.17. The van der Waals surface area contributed by atoms with Gasteiger partial charge < -0.3 is 15.9 Å². The Balaban J connectivity index is 1.97. The number of ketones is 1. The van der Waals surface area contributed by atoms with Crippen molar-refractivity contribution in [2.75, 3.05) is 11.5 Å². The van der Waals surface area contributed by atoms with Gasteiger partial charge >= 0.3 is 5.69 Å². The van der Waals surface area contributed by atoms with Gasteiger partial charge in [-0.05, 0) is 48.8 Å². The molecule has 9 heteroatoms. The standard InChI is InChI=1S/C21H27N3O4S2/c1-12(9-15-19(22)20(29)24(4)21(28)23(15)3)5-6-13(2)30-11-18(27)14-7-8-16(25)17(26)10-14/h6-8,10,12,25-26H,5,9,11,22H2,1-4H3/b13-6-. The molecule has 0 saturated carbocycles. The topological polar surface area (TPSA) is 110 Å². The smallest absolute Gasteiger partial charge is 0.328 e. The lowest BCUT2D eigenvalue weighted by Crippen LogP contribution is -2.31. The van der Waals surface area contributed by atoms with Crippen LogP contribution in [0.5, 0.6) is 11.5 Å². The van der Waals surface area contributed by atoms with Gasteiger partial charge in [0.1, 0.15) is 4.64 Å². The fraction of sp³-hybridized carbons (Fsp3) is 0.381. The number of benzene rings is 1. The first kappa shape index (κ1) is 23.8. The molecule has 4 N–H and O–H groups in total. The summed E-state index contributed by atoms with van der Waals surface area (Å²) in [5.41, 5.74) is 7.49. The Bertz CT molecular complexity index is 1070. The van der Waals surface area contributed by atoms with E-state index < -0.39 is 0 Å². The first-order valence-electron chi connectivity index (χ1n) is 9.42. The van der Waals surface area contributed by atoms with Crippen LogP contribution in [0.3, 0.4) is 0 Å². The van der Waals surface area contributed by atoms with E-state index >= 15 is 0 Å². The third-order valence-electron chi connectivity index (χ3n) is 4.90. The number of nitrogen functional groups attached to an aromatic ring is 1. The van der Waals surface area contributed by atoms with Crippen molar-refractivity contribution in [3.8, 4) is 11.5 Å². The zero-order valence-corrected chi connectivity index (χ0v) is 19.1. The number of hydrogen-bond donors (Lipinski definition) is 3. The van der Waals surface area contributed by atoms with Gasteiger partial charge in [-0.1, -0.05) is 25.2 Å². The summed E-state index contributed by atoms with van der Waals surface area (Å²) >= 11 is 6.67. The third-order valence-corrected chi connectivity index (χ3v) is 6.42. The quantitative estimate of drug-likeness (QED) is 0.321. The van der Waals surface area contributed by atoms with Crippen LogP contribution >= 0.6 is 24.0 Å². The van der Waals surface area contributed by atoms with Gasteiger partial charge in [-0.25, -0.2) is 4.79 Å². The fourth-order valence-corrected chi connectivity index (χ4v) is 3.89. The number of phenols is 2. The molecule has 1 aromatic carbocycles. The maximum atomic E-state index is 12.3. The number of carbonyl (C=O) groups excluding carboxylic acids is 1. The lowest BCUT2D eigenvalue weighted by molar-refractivity contribution is 0.102. The number of carbonyl (C=O) groups is 1. The second kappa shape index (κ2) is 9.99. The number of aromatic hydroxyl groups is 2. The highest BCUT2D eigenvalue weighted by molar-refractivity contribution is 8.03. The largest absolute Gasteiger partial charge is 0.504 e. The Morgan fingerprint density at radius 3 is 2.57 bits per heavy atom. The van der Waals surface area contributed by atoms with E-state index in [0.29, 0.717) is 22.3 Å². The van der Waals surface area contributed by atoms with E-state index in [0.717, 1.165) is 17.0 Å². The maximum absolute atomic E-state index is 12.3. The summed E-state index contributed by atoms with van der Waals surface area (Å²) in [7, 11) is 3.30. The van der Waals surface area contributed by atoms with Crippen LogP contribution in [-0.4, -0.2) is 30.9 Å². The second-order valence-corrected chi connectivity index (χ2v) is 8.95. The molecule has 1 unspecified atom stereocenters. The van der Waals surface area contributed by atoms with Crippen LogP contribution in [0.15, 0.2) is 34.0 Å². The van der Waals surface area contributed by atoms with Gasteiger partial charge in [0.25, 0.3) is 0 Å². The number of thioether (sulfide) groups is 1. The molecule has 30 heavy (non-hydrogen) atoms. The number of hydrogen-bond acceptors (Lipinski definition) is 7. The third kappa shape index (κ3) is 5.54. The van der Waals surface area contributed by atoms with Crippen molar-refractivity contribution in [3.63, 3.8) is 0 Å². The molecule has 1 heterocycles.